The predicted octanol–water partition coefficient (Wildman–Crippen LogP) is 8.31. The second-order valence-electron chi connectivity index (χ2n) is 15.3. The number of amides is 2. The number of esters is 2. The van der Waals surface area contributed by atoms with Gasteiger partial charge in [-0.3, -0.25) is 28.6 Å². The molecule has 0 aromatic heterocycles. The summed E-state index contributed by atoms with van der Waals surface area (Å²) >= 11 is 0. The molecule has 0 saturated carbocycles. The Morgan fingerprint density at radius 2 is 1.13 bits per heavy atom. The molecule has 0 spiro atoms. The maximum atomic E-state index is 12.8. The van der Waals surface area contributed by atoms with Crippen LogP contribution in [0.2, 0.25) is 0 Å². The zero-order valence-corrected chi connectivity index (χ0v) is 38.0. The van der Waals surface area contributed by atoms with Gasteiger partial charge in [0.15, 0.2) is 6.10 Å². The van der Waals surface area contributed by atoms with Gasteiger partial charge in [0.1, 0.15) is 6.61 Å². The third-order valence-corrected chi connectivity index (χ3v) is 11.1. The molecule has 0 aliphatic carbocycles. The summed E-state index contributed by atoms with van der Waals surface area (Å²) in [5.74, 6) is -2.07. The Hall–Kier alpha value is -2.77. The van der Waals surface area contributed by atoms with Crippen molar-refractivity contribution in [3.63, 3.8) is 0 Å². The molecular weight excluding hydrogens is 776 g/mol. The second-order valence-corrected chi connectivity index (χ2v) is 16.7. The zero-order chi connectivity index (χ0) is 42.8. The fourth-order valence-corrected chi connectivity index (χ4v) is 7.42. The average Bonchev–Trinajstić information content (AvgIpc) is 3.46. The predicted molar refractivity (Wildman–Crippen MR) is 232 cm³/mol. The van der Waals surface area contributed by atoms with Gasteiger partial charge in [0.05, 0.1) is 30.9 Å². The van der Waals surface area contributed by atoms with E-state index < -0.39 is 50.9 Å². The third kappa shape index (κ3) is 26.5. The normalized spacial score (nSPS) is 14.2. The second kappa shape index (κ2) is 35.8. The van der Waals surface area contributed by atoms with Crippen LogP contribution < -0.4 is 23.8 Å². The summed E-state index contributed by atoms with van der Waals surface area (Å²) in [5, 5.41) is 0. The minimum absolute atomic E-state index is 0. The zero-order valence-electron chi connectivity index (χ0n) is 37.1. The number of rotatable bonds is 37. The smallest absolute Gasteiger partial charge is 0.756 e. The van der Waals surface area contributed by atoms with Gasteiger partial charge in [0, 0.05) is 12.8 Å². The summed E-state index contributed by atoms with van der Waals surface area (Å²) in [4.78, 5) is 64.0. The Morgan fingerprint density at radius 1 is 0.650 bits per heavy atom. The van der Waals surface area contributed by atoms with Gasteiger partial charge in [0.25, 0.3) is 19.6 Å². The molecule has 11 nitrogen and oxygen atoms in total. The first kappa shape index (κ1) is 55.2. The van der Waals surface area contributed by atoms with Gasteiger partial charge in [-0.05, 0) is 57.1 Å². The van der Waals surface area contributed by atoms with Crippen LogP contribution in [0.1, 0.15) is 189 Å². The van der Waals surface area contributed by atoms with Gasteiger partial charge in [-0.15, -0.1) is 0 Å². The quantitative estimate of drug-likeness (QED) is 0.0160. The van der Waals surface area contributed by atoms with Crippen molar-refractivity contribution < 1.29 is 66.0 Å². The SMILES string of the molecule is CC/C=C\C/C=C\C/C=C\CCCCCCCC(=O)O[C@H](COC(=O)CCCCCCCCCCCCCCC)COP(=O)([O-])OCCN1C(=O)c2ccccc2C1=O.[Li+]. The van der Waals surface area contributed by atoms with Crippen LogP contribution in [-0.2, 0) is 32.7 Å². The van der Waals surface area contributed by atoms with Crippen molar-refractivity contribution in [2.45, 2.75) is 174 Å². The largest absolute Gasteiger partial charge is 1.00 e. The summed E-state index contributed by atoms with van der Waals surface area (Å²) in [6.07, 6.45) is 36.2. The van der Waals surface area contributed by atoms with Crippen LogP contribution in [0.25, 0.3) is 0 Å². The van der Waals surface area contributed by atoms with E-state index in [2.05, 4.69) is 50.3 Å². The number of ether oxygens (including phenoxy) is 2. The molecule has 2 amide bonds. The molecule has 0 bridgehead atoms. The van der Waals surface area contributed by atoms with E-state index in [0.717, 1.165) is 75.5 Å². The van der Waals surface area contributed by atoms with Crippen LogP contribution in [0.3, 0.4) is 0 Å². The van der Waals surface area contributed by atoms with E-state index in [-0.39, 0.29) is 56.0 Å². The monoisotopic (exact) mass is 850 g/mol. The number of carbonyl (C=O) groups excluding carboxylic acids is 4. The van der Waals surface area contributed by atoms with E-state index in [1.165, 1.54) is 69.9 Å². The van der Waals surface area contributed by atoms with Crippen molar-refractivity contribution in [1.82, 2.24) is 4.90 Å². The van der Waals surface area contributed by atoms with Crippen molar-refractivity contribution in [1.29, 1.82) is 0 Å². The molecule has 2 rings (SSSR count). The molecule has 1 aromatic rings. The maximum Gasteiger partial charge on any atom is 1.00 e. The average molecular weight is 850 g/mol. The number of phosphoric acid groups is 1. The molecule has 1 aliphatic heterocycles. The number of benzene rings is 1. The van der Waals surface area contributed by atoms with Crippen LogP contribution in [-0.4, -0.2) is 61.1 Å². The number of hydrogen-bond acceptors (Lipinski definition) is 10. The Morgan fingerprint density at radius 3 is 1.68 bits per heavy atom. The number of nitrogens with zero attached hydrogens (tertiary/aromatic N) is 1. The van der Waals surface area contributed by atoms with E-state index in [1.54, 1.807) is 12.1 Å². The molecule has 332 valence electrons. The number of fused-ring (bicyclic) bond motifs is 1. The number of imide groups is 1. The number of carbonyl (C=O) groups is 4. The molecule has 0 fully saturated rings. The van der Waals surface area contributed by atoms with Crippen molar-refractivity contribution in [2.75, 3.05) is 26.4 Å². The summed E-state index contributed by atoms with van der Waals surface area (Å²) in [6.45, 7) is 2.56. The molecular formula is C47H73LiNO10P. The molecule has 1 aliphatic rings. The maximum absolute atomic E-state index is 12.8. The van der Waals surface area contributed by atoms with Crippen molar-refractivity contribution in [2.24, 2.45) is 0 Å². The molecule has 0 saturated heterocycles. The van der Waals surface area contributed by atoms with Crippen LogP contribution >= 0.6 is 7.82 Å². The minimum atomic E-state index is -4.95. The number of hydrogen-bond donors (Lipinski definition) is 0. The molecule has 0 radical (unpaired) electrons. The molecule has 1 aromatic carbocycles. The van der Waals surface area contributed by atoms with Crippen molar-refractivity contribution >= 4 is 31.6 Å². The number of allylic oxidation sites excluding steroid dienone is 6. The molecule has 13 heteroatoms. The Balaban J connectivity index is 0.0000180. The summed E-state index contributed by atoms with van der Waals surface area (Å²) < 4.78 is 33.5. The van der Waals surface area contributed by atoms with Crippen molar-refractivity contribution in [3.05, 3.63) is 71.8 Å². The topological polar surface area (TPSA) is 149 Å². The van der Waals surface area contributed by atoms with Gasteiger partial charge in [-0.2, -0.15) is 0 Å². The standard InChI is InChI=1S/C47H74NO10P.Li/c1-3-5-7-9-11-13-15-17-18-20-22-24-26-28-30-36-45(50)58-41(39-55-44(49)35-29-27-25-23-21-19-16-14-12-10-8-6-4-2)40-57-59(53,54)56-38-37-48-46(51)42-33-31-32-34-43(42)47(48)52;/h5,7,11,13,17-18,31-34,41H,3-4,6,8-10,12,14-16,19-30,35-40H2,1-2H3,(H,53,54);/q;+1/p-1/b7-5-,13-11-,18-17-;/t41-;/m1./s1. The van der Waals surface area contributed by atoms with Crippen LogP contribution in [0.4, 0.5) is 0 Å². The molecule has 2 atom stereocenters. The van der Waals surface area contributed by atoms with Crippen LogP contribution in [0, 0.1) is 0 Å². The first-order chi connectivity index (χ1) is 28.7. The first-order valence-electron chi connectivity index (χ1n) is 22.5. The Kier molecular flexibility index (Phi) is 32.9. The fraction of sp³-hybridized carbons (Fsp3) is 0.660. The van der Waals surface area contributed by atoms with Gasteiger partial charge in [-0.1, -0.05) is 159 Å². The molecule has 1 heterocycles. The minimum Gasteiger partial charge on any atom is -0.756 e. The number of unbranched alkanes of at least 4 members (excludes halogenated alkanes) is 17. The fourth-order valence-electron chi connectivity index (χ4n) is 6.69. The third-order valence-electron chi connectivity index (χ3n) is 10.1. The summed E-state index contributed by atoms with van der Waals surface area (Å²) in [5.41, 5.74) is 0.483. The van der Waals surface area contributed by atoms with Gasteiger partial charge >= 0.3 is 30.8 Å². The molecule has 1 unspecified atom stereocenters. The van der Waals surface area contributed by atoms with E-state index in [0.29, 0.717) is 12.8 Å². The summed E-state index contributed by atoms with van der Waals surface area (Å²) in [6, 6.07) is 6.33. The van der Waals surface area contributed by atoms with Crippen molar-refractivity contribution in [3.8, 4) is 0 Å². The van der Waals surface area contributed by atoms with Gasteiger partial charge in [-0.25, -0.2) is 0 Å². The molecule has 0 N–H and O–H groups in total. The Bertz CT molecular complexity index is 1450. The van der Waals surface area contributed by atoms with E-state index in [9.17, 15) is 28.6 Å². The molecule has 60 heavy (non-hydrogen) atoms. The van der Waals surface area contributed by atoms with E-state index in [1.807, 2.05) is 0 Å². The van der Waals surface area contributed by atoms with Gasteiger partial charge < -0.3 is 23.4 Å². The van der Waals surface area contributed by atoms with Crippen LogP contribution in [0.15, 0.2) is 60.7 Å². The van der Waals surface area contributed by atoms with E-state index in [4.69, 9.17) is 18.5 Å². The number of phosphoric ester groups is 1. The van der Waals surface area contributed by atoms with E-state index >= 15 is 0 Å². The van der Waals surface area contributed by atoms with Gasteiger partial charge in [0.2, 0.25) is 0 Å². The first-order valence-corrected chi connectivity index (χ1v) is 24.0. The summed E-state index contributed by atoms with van der Waals surface area (Å²) in [7, 11) is -4.95. The Labute approximate surface area is 373 Å². The van der Waals surface area contributed by atoms with Crippen LogP contribution in [0.5, 0.6) is 0 Å².